The Labute approximate surface area is 316 Å². The van der Waals surface area contributed by atoms with Gasteiger partial charge >= 0.3 is 0 Å². The summed E-state index contributed by atoms with van der Waals surface area (Å²) in [6, 6.07) is 71.3. The summed E-state index contributed by atoms with van der Waals surface area (Å²) in [6.45, 7) is 0.625. The first-order valence-electron chi connectivity index (χ1n) is 18.7. The van der Waals surface area contributed by atoms with E-state index in [0.29, 0.717) is 6.54 Å². The molecule has 0 bridgehead atoms. The minimum absolute atomic E-state index is 0.299. The molecule has 0 aliphatic carbocycles. The highest BCUT2D eigenvalue weighted by atomic mass is 15.2. The maximum Gasteiger partial charge on any atom is 0.0864 e. The molecule has 0 amide bonds. The Bertz CT molecular complexity index is 2700. The van der Waals surface area contributed by atoms with E-state index in [1.807, 2.05) is 0 Å². The number of hydrogen-bond donors (Lipinski definition) is 3. The average molecular weight is 696 g/mol. The van der Waals surface area contributed by atoms with Crippen molar-refractivity contribution in [2.24, 2.45) is 5.73 Å². The Morgan fingerprint density at radius 1 is 0.407 bits per heavy atom. The summed E-state index contributed by atoms with van der Waals surface area (Å²) in [7, 11) is 0. The van der Waals surface area contributed by atoms with Crippen molar-refractivity contribution in [3.8, 4) is 33.4 Å². The number of nitrogens with two attached hydrogens (primary N) is 1. The third kappa shape index (κ3) is 6.57. The molecule has 2 unspecified atom stereocenters. The fourth-order valence-corrected chi connectivity index (χ4v) is 7.97. The molecule has 3 heteroatoms. The van der Waals surface area contributed by atoms with Gasteiger partial charge in [-0.05, 0) is 88.5 Å². The molecule has 0 aromatic heterocycles. The zero-order chi connectivity index (χ0) is 36.3. The van der Waals surface area contributed by atoms with Gasteiger partial charge in [0.1, 0.15) is 0 Å². The van der Waals surface area contributed by atoms with E-state index in [-0.39, 0.29) is 6.17 Å². The molecule has 260 valence electrons. The maximum atomic E-state index is 7.25. The standard InChI is InChI=1S/C51H41N3/c52-50(47-26-14-13-23-43(47)37-17-5-2-6-18-37)54-51(49-45-25-12-8-20-40(45)33-48-44-24-11-7-19-38(44)31-32-46(48)49)53-34-41-21-9-10-22-42(41)39-29-27-36(28-30-39)35-15-3-1-4-16-35/h1-33,50-51,53-54H,34,52H2. The Balaban J connectivity index is 1.15. The van der Waals surface area contributed by atoms with Crippen LogP contribution in [-0.4, -0.2) is 0 Å². The van der Waals surface area contributed by atoms with Gasteiger partial charge in [-0.1, -0.05) is 194 Å². The zero-order valence-electron chi connectivity index (χ0n) is 30.0. The van der Waals surface area contributed by atoms with Gasteiger partial charge in [0, 0.05) is 6.54 Å². The maximum absolute atomic E-state index is 7.25. The second kappa shape index (κ2) is 14.9. The van der Waals surface area contributed by atoms with Gasteiger partial charge in [-0.2, -0.15) is 0 Å². The van der Waals surface area contributed by atoms with Crippen molar-refractivity contribution in [3.05, 3.63) is 217 Å². The van der Waals surface area contributed by atoms with Crippen LogP contribution in [0.4, 0.5) is 0 Å². The van der Waals surface area contributed by atoms with Crippen molar-refractivity contribution < 1.29 is 0 Å². The molecule has 4 N–H and O–H groups in total. The van der Waals surface area contributed by atoms with Crippen molar-refractivity contribution in [2.75, 3.05) is 0 Å². The summed E-state index contributed by atoms with van der Waals surface area (Å²) < 4.78 is 0. The molecule has 0 heterocycles. The van der Waals surface area contributed by atoms with Crippen LogP contribution in [0.2, 0.25) is 0 Å². The Hall–Kier alpha value is -6.36. The number of hydrogen-bond acceptors (Lipinski definition) is 3. The van der Waals surface area contributed by atoms with E-state index in [4.69, 9.17) is 5.73 Å². The normalized spacial score (nSPS) is 12.6. The summed E-state index contributed by atoms with van der Waals surface area (Å²) in [4.78, 5) is 0. The van der Waals surface area contributed by atoms with E-state index < -0.39 is 6.17 Å². The van der Waals surface area contributed by atoms with Gasteiger partial charge in [-0.3, -0.25) is 10.6 Å². The van der Waals surface area contributed by atoms with Gasteiger partial charge in [-0.15, -0.1) is 0 Å². The van der Waals surface area contributed by atoms with Crippen LogP contribution < -0.4 is 16.4 Å². The van der Waals surface area contributed by atoms with E-state index in [0.717, 1.165) is 16.7 Å². The number of nitrogens with one attached hydrogen (secondary N) is 2. The first-order chi connectivity index (χ1) is 26.7. The molecular weight excluding hydrogens is 655 g/mol. The molecule has 9 aromatic rings. The molecular formula is C51H41N3. The quantitative estimate of drug-likeness (QED) is 0.0758. The zero-order valence-corrected chi connectivity index (χ0v) is 30.0. The summed E-state index contributed by atoms with van der Waals surface area (Å²) in [5.41, 5.74) is 17.8. The van der Waals surface area contributed by atoms with Gasteiger partial charge in [0.05, 0.1) is 12.3 Å². The predicted octanol–water partition coefficient (Wildman–Crippen LogP) is 12.2. The van der Waals surface area contributed by atoms with Gasteiger partial charge in [0.25, 0.3) is 0 Å². The third-order valence-corrected chi connectivity index (χ3v) is 10.6. The molecule has 0 aliphatic heterocycles. The Morgan fingerprint density at radius 2 is 0.963 bits per heavy atom. The molecule has 0 saturated carbocycles. The van der Waals surface area contributed by atoms with Crippen LogP contribution in [-0.2, 0) is 6.54 Å². The lowest BCUT2D eigenvalue weighted by molar-refractivity contribution is 0.390. The largest absolute Gasteiger partial charge is 0.312 e. The summed E-state index contributed by atoms with van der Waals surface area (Å²) >= 11 is 0. The molecule has 3 nitrogen and oxygen atoms in total. The van der Waals surface area contributed by atoms with E-state index in [1.54, 1.807) is 0 Å². The Kier molecular flexibility index (Phi) is 9.26. The smallest absolute Gasteiger partial charge is 0.0864 e. The lowest BCUT2D eigenvalue weighted by Gasteiger charge is -2.29. The van der Waals surface area contributed by atoms with E-state index in [9.17, 15) is 0 Å². The van der Waals surface area contributed by atoms with E-state index in [2.05, 4.69) is 211 Å². The van der Waals surface area contributed by atoms with Gasteiger partial charge in [0.15, 0.2) is 0 Å². The van der Waals surface area contributed by atoms with Gasteiger partial charge < -0.3 is 5.73 Å². The van der Waals surface area contributed by atoms with Gasteiger partial charge in [-0.25, -0.2) is 0 Å². The van der Waals surface area contributed by atoms with Crippen LogP contribution in [0.15, 0.2) is 200 Å². The third-order valence-electron chi connectivity index (χ3n) is 10.6. The molecule has 0 aliphatic rings. The summed E-state index contributed by atoms with van der Waals surface area (Å²) in [6.07, 6.45) is -0.763. The molecule has 0 saturated heterocycles. The number of benzene rings is 9. The van der Waals surface area contributed by atoms with Crippen molar-refractivity contribution in [2.45, 2.75) is 18.9 Å². The van der Waals surface area contributed by atoms with Crippen LogP contribution in [0.25, 0.3) is 65.7 Å². The van der Waals surface area contributed by atoms with Crippen molar-refractivity contribution in [3.63, 3.8) is 0 Å². The fraction of sp³-hybridized carbons (Fsp3) is 0.0588. The minimum Gasteiger partial charge on any atom is -0.312 e. The van der Waals surface area contributed by atoms with Crippen molar-refractivity contribution in [1.29, 1.82) is 0 Å². The number of rotatable bonds is 10. The molecule has 0 radical (unpaired) electrons. The van der Waals surface area contributed by atoms with Gasteiger partial charge in [0.2, 0.25) is 0 Å². The molecule has 0 fully saturated rings. The number of fused-ring (bicyclic) bond motifs is 4. The van der Waals surface area contributed by atoms with Crippen LogP contribution in [0, 0.1) is 0 Å². The molecule has 9 rings (SSSR count). The molecule has 2 atom stereocenters. The Morgan fingerprint density at radius 3 is 1.74 bits per heavy atom. The monoisotopic (exact) mass is 695 g/mol. The highest BCUT2D eigenvalue weighted by Crippen LogP contribution is 2.38. The predicted molar refractivity (Wildman–Crippen MR) is 228 cm³/mol. The summed E-state index contributed by atoms with van der Waals surface area (Å²) in [5, 5.41) is 15.2. The summed E-state index contributed by atoms with van der Waals surface area (Å²) in [5.74, 6) is 0. The van der Waals surface area contributed by atoms with Crippen molar-refractivity contribution in [1.82, 2.24) is 10.6 Å². The van der Waals surface area contributed by atoms with Crippen LogP contribution in [0.5, 0.6) is 0 Å². The fourth-order valence-electron chi connectivity index (χ4n) is 7.97. The molecule has 9 aromatic carbocycles. The highest BCUT2D eigenvalue weighted by molar-refractivity contribution is 6.14. The lowest BCUT2D eigenvalue weighted by atomic mass is 9.91. The van der Waals surface area contributed by atoms with Crippen LogP contribution >= 0.6 is 0 Å². The minimum atomic E-state index is -0.464. The first-order valence-corrected chi connectivity index (χ1v) is 18.7. The molecule has 0 spiro atoms. The second-order valence-corrected chi connectivity index (χ2v) is 13.9. The highest BCUT2D eigenvalue weighted by Gasteiger charge is 2.23. The van der Waals surface area contributed by atoms with E-state index in [1.165, 1.54) is 65.7 Å². The topological polar surface area (TPSA) is 50.1 Å². The van der Waals surface area contributed by atoms with Crippen molar-refractivity contribution >= 4 is 32.3 Å². The average Bonchev–Trinajstić information content (AvgIpc) is 3.25. The SMILES string of the molecule is NC(NC(NCc1ccccc1-c1ccc(-c2ccccc2)cc1)c1c2ccccc2cc2c1ccc1ccccc12)c1ccccc1-c1ccccc1. The second-order valence-electron chi connectivity index (χ2n) is 13.9. The van der Waals surface area contributed by atoms with Crippen LogP contribution in [0.3, 0.4) is 0 Å². The van der Waals surface area contributed by atoms with E-state index >= 15 is 0 Å². The first kappa shape index (κ1) is 33.5. The van der Waals surface area contributed by atoms with Crippen LogP contribution in [0.1, 0.15) is 29.0 Å². The molecule has 54 heavy (non-hydrogen) atoms. The lowest BCUT2D eigenvalue weighted by Crippen LogP contribution is -2.40.